The van der Waals surface area contributed by atoms with Gasteiger partial charge in [-0.25, -0.2) is 9.50 Å². The minimum Gasteiger partial charge on any atom is -0.361 e. The van der Waals surface area contributed by atoms with E-state index >= 15 is 0 Å². The molecule has 10 heteroatoms. The normalized spacial score (nSPS) is 26.4. The average Bonchev–Trinajstić information content (AvgIpc) is 3.51. The van der Waals surface area contributed by atoms with E-state index in [2.05, 4.69) is 75.9 Å². The second kappa shape index (κ2) is 12.0. The van der Waals surface area contributed by atoms with E-state index in [0.29, 0.717) is 13.5 Å². The molecule has 4 rings (SSSR count). The zero-order valence-electron chi connectivity index (χ0n) is 26.3. The minimum absolute atomic E-state index is 0.0297. The lowest BCUT2D eigenvalue weighted by atomic mass is 9.80. The highest BCUT2D eigenvalue weighted by Gasteiger charge is 2.60. The zero-order valence-corrected chi connectivity index (χ0v) is 28.3. The molecule has 2 aromatic heterocycles. The molecule has 0 unspecified atom stereocenters. The van der Waals surface area contributed by atoms with Crippen LogP contribution in [0.5, 0.6) is 0 Å². The number of nitrogens with zero attached hydrogens (tertiary/aromatic N) is 4. The van der Waals surface area contributed by atoms with E-state index in [-0.39, 0.29) is 23.5 Å². The Morgan fingerprint density at radius 3 is 2.23 bits per heavy atom. The molecule has 2 aromatic rings. The molecule has 0 spiro atoms. The molecule has 4 atom stereocenters. The van der Waals surface area contributed by atoms with Gasteiger partial charge in [0.2, 0.25) is 0 Å². The maximum absolute atomic E-state index is 6.51. The van der Waals surface area contributed by atoms with Gasteiger partial charge in [0, 0.05) is 46.4 Å². The predicted molar refractivity (Wildman–Crippen MR) is 168 cm³/mol. The van der Waals surface area contributed by atoms with Crippen LogP contribution < -0.4 is 4.90 Å². The van der Waals surface area contributed by atoms with Crippen LogP contribution in [0.1, 0.15) is 45.2 Å². The second-order valence-electron chi connectivity index (χ2n) is 14.5. The average molecular weight is 589 g/mol. The largest absolute Gasteiger partial charge is 0.361 e. The Kier molecular flexibility index (Phi) is 9.39. The first-order chi connectivity index (χ1) is 18.7. The standard InChI is InChI=1S/C30H52N4O4Si2/c1-11-30(12-2)19-23(26-27(30)38-29(3,4)37-26)24-13-14-25-28(31-20-32-34(24)25)33(21-35-15-17-39(5,6)7)22-36-16-18-40(8,9)10/h11,13-14,20,23,26-27H,1,12,15-19,21-22H2,2-10H3/t23-,26-,27-,30+/m0/s1. The first-order valence-corrected chi connectivity index (χ1v) is 22.3. The lowest BCUT2D eigenvalue weighted by Gasteiger charge is -2.31. The van der Waals surface area contributed by atoms with Gasteiger partial charge in [-0.3, -0.25) is 0 Å². The molecule has 0 radical (unpaired) electrons. The van der Waals surface area contributed by atoms with E-state index in [0.717, 1.165) is 55.2 Å². The quantitative estimate of drug-likeness (QED) is 0.105. The van der Waals surface area contributed by atoms with E-state index in [9.17, 15) is 0 Å². The molecule has 3 heterocycles. The third kappa shape index (κ3) is 7.07. The summed E-state index contributed by atoms with van der Waals surface area (Å²) in [4.78, 5) is 6.83. The van der Waals surface area contributed by atoms with Crippen LogP contribution in [0.3, 0.4) is 0 Å². The maximum atomic E-state index is 6.51. The van der Waals surface area contributed by atoms with Crippen molar-refractivity contribution in [3.8, 4) is 0 Å². The van der Waals surface area contributed by atoms with Crippen LogP contribution in [-0.2, 0) is 18.9 Å². The van der Waals surface area contributed by atoms with Crippen LogP contribution >= 0.6 is 0 Å². The molecule has 0 amide bonds. The maximum Gasteiger partial charge on any atom is 0.163 e. The van der Waals surface area contributed by atoms with Crippen molar-refractivity contribution < 1.29 is 18.9 Å². The first-order valence-electron chi connectivity index (χ1n) is 14.9. The van der Waals surface area contributed by atoms with Gasteiger partial charge < -0.3 is 23.8 Å². The van der Waals surface area contributed by atoms with Crippen LogP contribution in [0, 0.1) is 5.41 Å². The first kappa shape index (κ1) is 31.4. The van der Waals surface area contributed by atoms with Gasteiger partial charge in [-0.2, -0.15) is 5.10 Å². The summed E-state index contributed by atoms with van der Waals surface area (Å²) < 4.78 is 27.4. The van der Waals surface area contributed by atoms with Crippen molar-refractivity contribution >= 4 is 27.5 Å². The van der Waals surface area contributed by atoms with Gasteiger partial charge in [-0.05, 0) is 50.9 Å². The number of anilines is 1. The summed E-state index contributed by atoms with van der Waals surface area (Å²) in [5.74, 6) is 0.331. The molecule has 1 saturated carbocycles. The van der Waals surface area contributed by atoms with Crippen molar-refractivity contribution in [2.24, 2.45) is 5.41 Å². The molecule has 0 aromatic carbocycles. The fourth-order valence-electron chi connectivity index (χ4n) is 5.86. The lowest BCUT2D eigenvalue weighted by Crippen LogP contribution is -2.33. The van der Waals surface area contributed by atoms with Gasteiger partial charge in [0.15, 0.2) is 11.6 Å². The zero-order chi connectivity index (χ0) is 29.3. The number of ether oxygens (including phenoxy) is 4. The highest BCUT2D eigenvalue weighted by Crippen LogP contribution is 2.57. The van der Waals surface area contributed by atoms with Crippen molar-refractivity contribution in [2.75, 3.05) is 31.6 Å². The Morgan fingerprint density at radius 1 is 1.05 bits per heavy atom. The van der Waals surface area contributed by atoms with Crippen LogP contribution in [0.2, 0.25) is 51.4 Å². The molecule has 1 aliphatic heterocycles. The van der Waals surface area contributed by atoms with Crippen molar-refractivity contribution in [1.82, 2.24) is 14.6 Å². The Hall–Kier alpha value is -1.57. The van der Waals surface area contributed by atoms with E-state index in [1.807, 2.05) is 18.4 Å². The Balaban J connectivity index is 1.61. The monoisotopic (exact) mass is 588 g/mol. The van der Waals surface area contributed by atoms with E-state index in [4.69, 9.17) is 29.0 Å². The third-order valence-corrected chi connectivity index (χ3v) is 11.8. The summed E-state index contributed by atoms with van der Waals surface area (Å²) >= 11 is 0. The smallest absolute Gasteiger partial charge is 0.163 e. The van der Waals surface area contributed by atoms with Crippen molar-refractivity contribution in [2.45, 2.75) is 109 Å². The summed E-state index contributed by atoms with van der Waals surface area (Å²) in [5.41, 5.74) is 1.93. The molecule has 0 bridgehead atoms. The summed E-state index contributed by atoms with van der Waals surface area (Å²) in [7, 11) is -2.37. The second-order valence-corrected chi connectivity index (χ2v) is 25.7. The summed E-state index contributed by atoms with van der Waals surface area (Å²) in [6, 6.07) is 6.54. The van der Waals surface area contributed by atoms with Crippen molar-refractivity contribution in [1.29, 1.82) is 0 Å². The van der Waals surface area contributed by atoms with Gasteiger partial charge in [0.1, 0.15) is 25.3 Å². The van der Waals surface area contributed by atoms with Gasteiger partial charge >= 0.3 is 0 Å². The Bertz CT molecular complexity index is 1140. The van der Waals surface area contributed by atoms with Crippen molar-refractivity contribution in [3.05, 3.63) is 36.8 Å². The number of rotatable bonds is 14. The molecule has 40 heavy (non-hydrogen) atoms. The van der Waals surface area contributed by atoms with E-state index in [1.165, 1.54) is 0 Å². The van der Waals surface area contributed by atoms with Gasteiger partial charge in [-0.1, -0.05) is 52.3 Å². The van der Waals surface area contributed by atoms with E-state index in [1.54, 1.807) is 6.33 Å². The minimum atomic E-state index is -1.18. The number of hydrogen-bond acceptors (Lipinski definition) is 7. The van der Waals surface area contributed by atoms with Gasteiger partial charge in [0.05, 0.1) is 12.2 Å². The molecule has 2 aliphatic rings. The van der Waals surface area contributed by atoms with Crippen molar-refractivity contribution in [3.63, 3.8) is 0 Å². The molecule has 1 aliphatic carbocycles. The van der Waals surface area contributed by atoms with Crippen LogP contribution in [-0.4, -0.2) is 75.4 Å². The predicted octanol–water partition coefficient (Wildman–Crippen LogP) is 6.75. The molecule has 1 saturated heterocycles. The third-order valence-electron chi connectivity index (χ3n) is 8.38. The molecule has 0 N–H and O–H groups in total. The molecular formula is C30H52N4O4Si2. The van der Waals surface area contributed by atoms with Gasteiger partial charge in [-0.15, -0.1) is 6.58 Å². The summed E-state index contributed by atoms with van der Waals surface area (Å²) in [5, 5.41) is 4.72. The molecule has 8 nitrogen and oxygen atoms in total. The van der Waals surface area contributed by atoms with E-state index < -0.39 is 21.9 Å². The van der Waals surface area contributed by atoms with Gasteiger partial charge in [0.25, 0.3) is 0 Å². The van der Waals surface area contributed by atoms with Crippen LogP contribution in [0.15, 0.2) is 31.1 Å². The summed E-state index contributed by atoms with van der Waals surface area (Å²) in [6.07, 6.45) is 5.50. The fourth-order valence-corrected chi connectivity index (χ4v) is 7.38. The fraction of sp³-hybridized carbons (Fsp3) is 0.733. The Labute approximate surface area is 243 Å². The number of aromatic nitrogens is 3. The summed E-state index contributed by atoms with van der Waals surface area (Å²) in [6.45, 7) is 27.0. The Morgan fingerprint density at radius 2 is 1.68 bits per heavy atom. The highest BCUT2D eigenvalue weighted by molar-refractivity contribution is 6.76. The topological polar surface area (TPSA) is 70.4 Å². The van der Waals surface area contributed by atoms with Crippen LogP contribution in [0.25, 0.3) is 5.52 Å². The molecular weight excluding hydrogens is 537 g/mol. The molecule has 224 valence electrons. The number of hydrogen-bond donors (Lipinski definition) is 0. The number of fused-ring (bicyclic) bond motifs is 2. The molecule has 2 fully saturated rings. The highest BCUT2D eigenvalue weighted by atomic mass is 28.3. The lowest BCUT2D eigenvalue weighted by molar-refractivity contribution is -0.163. The van der Waals surface area contributed by atoms with Crippen LogP contribution in [0.4, 0.5) is 5.82 Å². The SMILES string of the molecule is C=C[C@@]1(CC)C[C@@H](c2ccc3c(N(COCC[Si](C)(C)C)COCC[Si](C)(C)C)ncnn23)[C@@H]2OC(C)(C)O[C@@H]21.